The van der Waals surface area contributed by atoms with Crippen LogP contribution < -0.4 is 14.9 Å². The lowest BCUT2D eigenvalue weighted by Gasteiger charge is -2.24. The van der Waals surface area contributed by atoms with Crippen molar-refractivity contribution in [2.45, 2.75) is 6.10 Å². The number of nitro benzene ring substituents is 1. The number of amides is 1. The SMILES string of the molecule is O=C(N/N=C\c1ccc(-c2ccc([N+](=O)[O-])cc2Cl)o1)[C@@H]1COc2ccccc2O1. The van der Waals surface area contributed by atoms with Gasteiger partial charge in [-0.3, -0.25) is 14.9 Å². The van der Waals surface area contributed by atoms with Crippen molar-refractivity contribution in [2.24, 2.45) is 5.10 Å². The van der Waals surface area contributed by atoms with E-state index in [1.54, 1.807) is 30.3 Å². The number of nitrogens with zero attached hydrogens (tertiary/aromatic N) is 2. The molecule has 1 N–H and O–H groups in total. The molecule has 0 unspecified atom stereocenters. The highest BCUT2D eigenvalue weighted by Crippen LogP contribution is 2.32. The molecule has 4 rings (SSSR count). The van der Waals surface area contributed by atoms with Crippen LogP contribution in [0.2, 0.25) is 5.02 Å². The molecule has 1 amide bonds. The van der Waals surface area contributed by atoms with Crippen LogP contribution in [0.1, 0.15) is 5.76 Å². The number of fused-ring (bicyclic) bond motifs is 1. The largest absolute Gasteiger partial charge is 0.485 e. The van der Waals surface area contributed by atoms with Gasteiger partial charge >= 0.3 is 0 Å². The normalized spacial score (nSPS) is 15.2. The Morgan fingerprint density at radius 3 is 2.77 bits per heavy atom. The summed E-state index contributed by atoms with van der Waals surface area (Å²) in [6.07, 6.45) is 0.487. The van der Waals surface area contributed by atoms with Crippen molar-refractivity contribution in [1.29, 1.82) is 0 Å². The molecule has 1 aromatic heterocycles. The van der Waals surface area contributed by atoms with Gasteiger partial charge in [-0.25, -0.2) is 5.43 Å². The third kappa shape index (κ3) is 4.11. The first-order chi connectivity index (χ1) is 14.5. The third-order valence-electron chi connectivity index (χ3n) is 4.22. The average Bonchev–Trinajstić information content (AvgIpc) is 3.21. The van der Waals surface area contributed by atoms with Crippen LogP contribution in [-0.4, -0.2) is 29.8 Å². The molecule has 0 saturated carbocycles. The zero-order chi connectivity index (χ0) is 21.1. The van der Waals surface area contributed by atoms with E-state index in [9.17, 15) is 14.9 Å². The van der Waals surface area contributed by atoms with Crippen molar-refractivity contribution in [3.8, 4) is 22.8 Å². The summed E-state index contributed by atoms with van der Waals surface area (Å²) in [6, 6.07) is 14.4. The number of hydrazone groups is 1. The number of para-hydroxylation sites is 2. The maximum absolute atomic E-state index is 12.2. The molecule has 0 fully saturated rings. The Kier molecular flexibility index (Phi) is 5.36. The Morgan fingerprint density at radius 2 is 2.00 bits per heavy atom. The fourth-order valence-corrected chi connectivity index (χ4v) is 3.03. The third-order valence-corrected chi connectivity index (χ3v) is 4.54. The number of carbonyl (C=O) groups is 1. The molecular weight excluding hydrogens is 414 g/mol. The van der Waals surface area contributed by atoms with Crippen LogP contribution >= 0.6 is 11.6 Å². The van der Waals surface area contributed by atoms with Crippen molar-refractivity contribution >= 4 is 29.4 Å². The molecule has 0 spiro atoms. The molecule has 0 aliphatic carbocycles. The molecule has 10 heteroatoms. The van der Waals surface area contributed by atoms with E-state index in [0.717, 1.165) is 0 Å². The van der Waals surface area contributed by atoms with E-state index in [2.05, 4.69) is 10.5 Å². The first-order valence-corrected chi connectivity index (χ1v) is 9.14. The Bertz CT molecular complexity index is 1140. The van der Waals surface area contributed by atoms with E-state index in [1.165, 1.54) is 24.4 Å². The Balaban J connectivity index is 1.38. The minimum absolute atomic E-state index is 0.0713. The second-order valence-electron chi connectivity index (χ2n) is 6.22. The Morgan fingerprint density at radius 1 is 1.20 bits per heavy atom. The second kappa shape index (κ2) is 8.26. The minimum Gasteiger partial charge on any atom is -0.485 e. The lowest BCUT2D eigenvalue weighted by atomic mass is 10.1. The summed E-state index contributed by atoms with van der Waals surface area (Å²) in [6.45, 7) is 0.0713. The summed E-state index contributed by atoms with van der Waals surface area (Å²) >= 11 is 6.10. The standard InChI is InChI=1S/C20H14ClN3O6/c21-15-9-12(24(26)27)5-7-14(15)16-8-6-13(29-16)10-22-23-20(25)19-11-28-17-3-1-2-4-18(17)30-19/h1-10,19H,11H2,(H,23,25)/b22-10-/t19-/m0/s1. The fourth-order valence-electron chi connectivity index (χ4n) is 2.76. The summed E-state index contributed by atoms with van der Waals surface area (Å²) in [7, 11) is 0. The highest BCUT2D eigenvalue weighted by atomic mass is 35.5. The molecule has 152 valence electrons. The van der Waals surface area contributed by atoms with Crippen molar-refractivity contribution in [1.82, 2.24) is 5.43 Å². The smallest absolute Gasteiger partial charge is 0.284 e. The number of furan rings is 1. The van der Waals surface area contributed by atoms with Crippen LogP contribution in [0.15, 0.2) is 64.1 Å². The van der Waals surface area contributed by atoms with Gasteiger partial charge in [-0.05, 0) is 30.3 Å². The van der Waals surface area contributed by atoms with Gasteiger partial charge in [0.15, 0.2) is 11.5 Å². The van der Waals surface area contributed by atoms with Crippen LogP contribution in [0.4, 0.5) is 5.69 Å². The average molecular weight is 428 g/mol. The number of hydrogen-bond acceptors (Lipinski definition) is 7. The van der Waals surface area contributed by atoms with Crippen molar-refractivity contribution < 1.29 is 23.6 Å². The van der Waals surface area contributed by atoms with Gasteiger partial charge in [0.1, 0.15) is 18.1 Å². The molecule has 2 heterocycles. The number of rotatable bonds is 5. The van der Waals surface area contributed by atoms with Gasteiger partial charge in [-0.1, -0.05) is 23.7 Å². The lowest BCUT2D eigenvalue weighted by molar-refractivity contribution is -0.384. The number of non-ortho nitro benzene ring substituents is 1. The van der Waals surface area contributed by atoms with E-state index in [0.29, 0.717) is 28.6 Å². The van der Waals surface area contributed by atoms with Crippen LogP contribution in [0, 0.1) is 10.1 Å². The number of halogens is 1. The molecule has 9 nitrogen and oxygen atoms in total. The first kappa shape index (κ1) is 19.5. The van der Waals surface area contributed by atoms with E-state index < -0.39 is 16.9 Å². The summed E-state index contributed by atoms with van der Waals surface area (Å²) in [5.41, 5.74) is 2.76. The molecule has 0 saturated heterocycles. The molecule has 2 aromatic carbocycles. The minimum atomic E-state index is -0.830. The molecule has 1 aliphatic heterocycles. The van der Waals surface area contributed by atoms with Gasteiger partial charge in [-0.15, -0.1) is 0 Å². The summed E-state index contributed by atoms with van der Waals surface area (Å²) in [5.74, 6) is 1.36. The number of hydrogen-bond donors (Lipinski definition) is 1. The van der Waals surface area contributed by atoms with Crippen LogP contribution in [0.3, 0.4) is 0 Å². The highest BCUT2D eigenvalue weighted by Gasteiger charge is 2.27. The summed E-state index contributed by atoms with van der Waals surface area (Å²) in [5, 5.41) is 14.9. The van der Waals surface area contributed by atoms with E-state index in [1.807, 2.05) is 6.07 Å². The molecule has 0 bridgehead atoms. The van der Waals surface area contributed by atoms with Gasteiger partial charge in [0.05, 0.1) is 16.2 Å². The number of ether oxygens (including phenoxy) is 2. The summed E-state index contributed by atoms with van der Waals surface area (Å²) in [4.78, 5) is 22.5. The molecule has 30 heavy (non-hydrogen) atoms. The maximum atomic E-state index is 12.2. The fraction of sp³-hybridized carbons (Fsp3) is 0.100. The molecule has 1 aliphatic rings. The Hall–Kier alpha value is -3.85. The number of carbonyl (C=O) groups excluding carboxylic acids is 1. The maximum Gasteiger partial charge on any atom is 0.284 e. The van der Waals surface area contributed by atoms with Gasteiger partial charge in [0.25, 0.3) is 11.6 Å². The van der Waals surface area contributed by atoms with Gasteiger partial charge in [0, 0.05) is 17.7 Å². The van der Waals surface area contributed by atoms with Gasteiger partial charge < -0.3 is 13.9 Å². The summed E-state index contributed by atoms with van der Waals surface area (Å²) < 4.78 is 16.7. The number of nitro groups is 1. The van der Waals surface area contributed by atoms with Crippen molar-refractivity contribution in [3.05, 3.63) is 75.5 Å². The van der Waals surface area contributed by atoms with Crippen LogP contribution in [-0.2, 0) is 4.79 Å². The van der Waals surface area contributed by atoms with Gasteiger partial charge in [-0.2, -0.15) is 5.10 Å². The zero-order valence-electron chi connectivity index (χ0n) is 15.3. The first-order valence-electron chi connectivity index (χ1n) is 8.77. The molecule has 3 aromatic rings. The number of nitrogens with one attached hydrogen (secondary N) is 1. The predicted octanol–water partition coefficient (Wildman–Crippen LogP) is 3.80. The lowest BCUT2D eigenvalue weighted by Crippen LogP contribution is -2.42. The van der Waals surface area contributed by atoms with Crippen LogP contribution in [0.25, 0.3) is 11.3 Å². The van der Waals surface area contributed by atoms with E-state index >= 15 is 0 Å². The second-order valence-corrected chi connectivity index (χ2v) is 6.63. The van der Waals surface area contributed by atoms with Gasteiger partial charge in [0.2, 0.25) is 6.10 Å². The predicted molar refractivity (Wildman–Crippen MR) is 108 cm³/mol. The van der Waals surface area contributed by atoms with Crippen LogP contribution in [0.5, 0.6) is 11.5 Å². The zero-order valence-corrected chi connectivity index (χ0v) is 16.0. The van der Waals surface area contributed by atoms with E-state index in [-0.39, 0.29) is 17.3 Å². The van der Waals surface area contributed by atoms with E-state index in [4.69, 9.17) is 25.5 Å². The number of benzene rings is 2. The van der Waals surface area contributed by atoms with Crippen molar-refractivity contribution in [2.75, 3.05) is 6.61 Å². The molecular formula is C20H14ClN3O6. The monoisotopic (exact) mass is 427 g/mol. The quantitative estimate of drug-likeness (QED) is 0.376. The molecule has 1 atom stereocenters. The highest BCUT2D eigenvalue weighted by molar-refractivity contribution is 6.33. The molecule has 0 radical (unpaired) electrons. The van der Waals surface area contributed by atoms with Crippen molar-refractivity contribution in [3.63, 3.8) is 0 Å². The topological polar surface area (TPSA) is 116 Å². The Labute approximate surface area is 175 Å².